The van der Waals surface area contributed by atoms with Crippen molar-refractivity contribution in [1.82, 2.24) is 4.90 Å². The van der Waals surface area contributed by atoms with E-state index in [1.807, 2.05) is 53.6 Å². The first-order valence-electron chi connectivity index (χ1n) is 17.1. The van der Waals surface area contributed by atoms with Gasteiger partial charge in [0.15, 0.2) is 12.6 Å². The van der Waals surface area contributed by atoms with Crippen LogP contribution in [0, 0.1) is 23.7 Å². The van der Waals surface area contributed by atoms with Gasteiger partial charge < -0.3 is 53.4 Å². The van der Waals surface area contributed by atoms with Crippen molar-refractivity contribution >= 4 is 5.97 Å². The van der Waals surface area contributed by atoms with Crippen LogP contribution in [0.3, 0.4) is 0 Å². The highest BCUT2D eigenvalue weighted by atomic mass is 16.7. The van der Waals surface area contributed by atoms with E-state index in [0.717, 1.165) is 0 Å². The summed E-state index contributed by atoms with van der Waals surface area (Å²) in [5.41, 5.74) is -1.81. The highest BCUT2D eigenvalue weighted by molar-refractivity contribution is 5.73. The van der Waals surface area contributed by atoms with Gasteiger partial charge in [0.1, 0.15) is 18.3 Å². The van der Waals surface area contributed by atoms with Gasteiger partial charge in [-0.2, -0.15) is 0 Å². The molecule has 4 aliphatic heterocycles. The number of hydrogen-bond acceptors (Lipinski definition) is 12. The minimum absolute atomic E-state index is 0.0477. The lowest BCUT2D eigenvalue weighted by molar-refractivity contribution is -0.318. The quantitative estimate of drug-likeness (QED) is 0.345. The fourth-order valence-corrected chi connectivity index (χ4v) is 8.51. The SMILES string of the molecule is COC1(C)C[C@H](O[C@H]2[C@H](C)[C@@H](O[C@@H]3OC(C)CC(N(C)C)C3O)C3(C)CC(C)C(O3)[C@H](C)[C@H](C(C)O)OC(=O)[C@@H]2C)OC(C)[C@@H]1O. The van der Waals surface area contributed by atoms with Gasteiger partial charge in [0.05, 0.1) is 53.7 Å². The van der Waals surface area contributed by atoms with Crippen LogP contribution in [0.1, 0.15) is 81.6 Å². The van der Waals surface area contributed by atoms with Crippen LogP contribution in [-0.4, -0.2) is 132 Å². The molecule has 0 amide bonds. The minimum Gasteiger partial charge on any atom is -0.459 e. The predicted octanol–water partition coefficient (Wildman–Crippen LogP) is 2.48. The summed E-state index contributed by atoms with van der Waals surface area (Å²) in [5.74, 6) is -2.09. The van der Waals surface area contributed by atoms with E-state index in [9.17, 15) is 20.1 Å². The topological polar surface area (TPSA) is 146 Å². The first-order chi connectivity index (χ1) is 21.3. The van der Waals surface area contributed by atoms with E-state index in [-0.39, 0.29) is 36.5 Å². The van der Waals surface area contributed by atoms with Crippen LogP contribution < -0.4 is 0 Å². The van der Waals surface area contributed by atoms with Crippen molar-refractivity contribution in [2.75, 3.05) is 21.2 Å². The third kappa shape index (κ3) is 7.46. The van der Waals surface area contributed by atoms with Crippen molar-refractivity contribution in [3.63, 3.8) is 0 Å². The van der Waals surface area contributed by atoms with Gasteiger partial charge in [-0.1, -0.05) is 20.8 Å². The second-order valence-electron chi connectivity index (χ2n) is 15.4. The molecule has 3 N–H and O–H groups in total. The van der Waals surface area contributed by atoms with Crippen LogP contribution in [0.4, 0.5) is 0 Å². The van der Waals surface area contributed by atoms with Gasteiger partial charge in [-0.05, 0) is 74.4 Å². The number of esters is 1. The fourth-order valence-electron chi connectivity index (χ4n) is 8.51. The molecular formula is C34H61NO11. The van der Waals surface area contributed by atoms with Crippen molar-refractivity contribution < 1.29 is 53.3 Å². The lowest BCUT2D eigenvalue weighted by atomic mass is 9.77. The summed E-state index contributed by atoms with van der Waals surface area (Å²) in [7, 11) is 5.40. The van der Waals surface area contributed by atoms with E-state index < -0.39 is 84.3 Å². The van der Waals surface area contributed by atoms with E-state index in [2.05, 4.69) is 6.92 Å². The normalized spacial score (nSPS) is 51.4. The number of carbonyl (C=O) groups excluding carboxylic acids is 1. The molecule has 9 unspecified atom stereocenters. The Hall–Kier alpha value is -0.930. The number of nitrogens with zero attached hydrogens (tertiary/aromatic N) is 1. The molecule has 0 spiro atoms. The summed E-state index contributed by atoms with van der Waals surface area (Å²) in [6, 6.07) is -0.182. The van der Waals surface area contributed by atoms with Gasteiger partial charge in [-0.15, -0.1) is 0 Å². The molecule has 2 bridgehead atoms. The number of likely N-dealkylation sites (N-methyl/N-ethyl adjacent to an activating group) is 1. The molecule has 12 nitrogen and oxygen atoms in total. The third-order valence-corrected chi connectivity index (χ3v) is 11.3. The summed E-state index contributed by atoms with van der Waals surface area (Å²) in [5, 5.41) is 33.1. The zero-order chi connectivity index (χ0) is 34.5. The Balaban J connectivity index is 1.78. The number of cyclic esters (lactones) is 1. The Morgan fingerprint density at radius 2 is 1.63 bits per heavy atom. The van der Waals surface area contributed by atoms with E-state index >= 15 is 0 Å². The van der Waals surface area contributed by atoms with Gasteiger partial charge >= 0.3 is 5.97 Å². The van der Waals surface area contributed by atoms with Crippen LogP contribution in [0.5, 0.6) is 0 Å². The molecule has 0 aromatic rings. The minimum atomic E-state index is -0.952. The van der Waals surface area contributed by atoms with Crippen LogP contribution in [0.2, 0.25) is 0 Å². The number of rotatable bonds is 7. The van der Waals surface area contributed by atoms with Gasteiger partial charge in [0.25, 0.3) is 0 Å². The molecule has 4 saturated heterocycles. The molecule has 4 aliphatic rings. The molecule has 268 valence electrons. The van der Waals surface area contributed by atoms with E-state index in [1.54, 1.807) is 27.9 Å². The number of aliphatic hydroxyl groups excluding tert-OH is 3. The maximum Gasteiger partial charge on any atom is 0.311 e. The smallest absolute Gasteiger partial charge is 0.311 e. The average molecular weight is 660 g/mol. The molecule has 4 rings (SSSR count). The first kappa shape index (κ1) is 37.9. The van der Waals surface area contributed by atoms with Crippen molar-refractivity contribution in [3.05, 3.63) is 0 Å². The summed E-state index contributed by atoms with van der Waals surface area (Å²) in [6.45, 7) is 16.9. The summed E-state index contributed by atoms with van der Waals surface area (Å²) < 4.78 is 44.7. The average Bonchev–Trinajstić information content (AvgIpc) is 3.29. The van der Waals surface area contributed by atoms with Gasteiger partial charge in [-0.3, -0.25) is 4.79 Å². The standard InChI is InChI=1S/C34H61NO11/c1-16-14-34(9)30(45-32-25(37)23(35(10)11)13-17(2)41-32)19(4)27(43-24-15-33(8,40-12)29(38)22(7)42-24)20(5)31(39)44-28(21(6)36)18(3)26(16)46-34/h16-30,32,36-38H,13-15H2,1-12H3/t16?,17?,18-,19-,20+,21?,22?,23?,24-,25?,26?,27-,28+,29-,30+,32-,33?,34?/m0/s1. The molecule has 0 aliphatic carbocycles. The number of hydrogen-bond donors (Lipinski definition) is 3. The Bertz CT molecular complexity index is 1030. The molecule has 46 heavy (non-hydrogen) atoms. The van der Waals surface area contributed by atoms with Crippen molar-refractivity contribution in [2.45, 2.75) is 166 Å². The molecular weight excluding hydrogens is 598 g/mol. The molecule has 0 aromatic carbocycles. The lowest BCUT2D eigenvalue weighted by Crippen LogP contribution is -2.60. The Morgan fingerprint density at radius 1 is 0.978 bits per heavy atom. The maximum atomic E-state index is 13.9. The third-order valence-electron chi connectivity index (χ3n) is 11.3. The lowest BCUT2D eigenvalue weighted by Gasteiger charge is -2.48. The largest absolute Gasteiger partial charge is 0.459 e. The van der Waals surface area contributed by atoms with E-state index in [1.165, 1.54) is 0 Å². The van der Waals surface area contributed by atoms with Gasteiger partial charge in [-0.25, -0.2) is 0 Å². The van der Waals surface area contributed by atoms with Crippen LogP contribution in [0.15, 0.2) is 0 Å². The molecule has 12 heteroatoms. The van der Waals surface area contributed by atoms with E-state index in [4.69, 9.17) is 33.2 Å². The fraction of sp³-hybridized carbons (Fsp3) is 0.971. The highest BCUT2D eigenvalue weighted by Crippen LogP contribution is 2.47. The Morgan fingerprint density at radius 3 is 2.22 bits per heavy atom. The summed E-state index contributed by atoms with van der Waals surface area (Å²) in [6.07, 6.45) is -6.41. The zero-order valence-corrected chi connectivity index (χ0v) is 29.9. The number of ether oxygens (including phenoxy) is 7. The molecule has 4 heterocycles. The van der Waals surface area contributed by atoms with E-state index in [0.29, 0.717) is 12.8 Å². The van der Waals surface area contributed by atoms with Crippen molar-refractivity contribution in [3.8, 4) is 0 Å². The molecule has 0 radical (unpaired) electrons. The highest BCUT2D eigenvalue weighted by Gasteiger charge is 2.57. The van der Waals surface area contributed by atoms with Gasteiger partial charge in [0, 0.05) is 31.4 Å². The zero-order valence-electron chi connectivity index (χ0n) is 29.9. The van der Waals surface area contributed by atoms with Crippen LogP contribution in [-0.2, 0) is 38.0 Å². The van der Waals surface area contributed by atoms with Crippen LogP contribution >= 0.6 is 0 Å². The summed E-state index contributed by atoms with van der Waals surface area (Å²) in [4.78, 5) is 15.9. The molecule has 4 fully saturated rings. The van der Waals surface area contributed by atoms with Gasteiger partial charge in [0.2, 0.25) is 0 Å². The summed E-state index contributed by atoms with van der Waals surface area (Å²) >= 11 is 0. The molecule has 0 aromatic heterocycles. The predicted molar refractivity (Wildman–Crippen MR) is 169 cm³/mol. The number of fused-ring (bicyclic) bond motifs is 2. The Labute approximate surface area is 275 Å². The first-order valence-corrected chi connectivity index (χ1v) is 17.1. The number of carbonyl (C=O) groups is 1. The monoisotopic (exact) mass is 659 g/mol. The molecule has 18 atom stereocenters. The van der Waals surface area contributed by atoms with Crippen molar-refractivity contribution in [2.24, 2.45) is 23.7 Å². The second-order valence-corrected chi connectivity index (χ2v) is 15.4. The number of aliphatic hydroxyl groups is 3. The van der Waals surface area contributed by atoms with Crippen LogP contribution in [0.25, 0.3) is 0 Å². The number of methoxy groups -OCH3 is 1. The van der Waals surface area contributed by atoms with Crippen molar-refractivity contribution in [1.29, 1.82) is 0 Å². The molecule has 0 saturated carbocycles. The Kier molecular flexibility index (Phi) is 11.9. The maximum absolute atomic E-state index is 13.9. The second kappa shape index (κ2) is 14.5.